The van der Waals surface area contributed by atoms with Gasteiger partial charge in [0.2, 0.25) is 0 Å². The number of ether oxygens (including phenoxy) is 1. The van der Waals surface area contributed by atoms with Crippen LogP contribution in [-0.4, -0.2) is 12.0 Å². The van der Waals surface area contributed by atoms with E-state index in [0.29, 0.717) is 3.57 Å². The molecule has 0 spiro atoms. The minimum absolute atomic E-state index is 0.104. The van der Waals surface area contributed by atoms with E-state index < -0.39 is 4.92 Å². The van der Waals surface area contributed by atoms with Crippen LogP contribution in [0.3, 0.4) is 0 Å². The van der Waals surface area contributed by atoms with Crippen molar-refractivity contribution in [3.8, 4) is 5.75 Å². The van der Waals surface area contributed by atoms with Crippen LogP contribution >= 0.6 is 22.6 Å². The van der Waals surface area contributed by atoms with Crippen molar-refractivity contribution >= 4 is 39.7 Å². The minimum atomic E-state index is -0.390. The van der Waals surface area contributed by atoms with Crippen molar-refractivity contribution in [2.45, 2.75) is 6.92 Å². The highest BCUT2D eigenvalue weighted by Gasteiger charge is 2.12. The zero-order chi connectivity index (χ0) is 14.7. The number of nitrogens with zero attached hydrogens (tertiary/aromatic N) is 1. The molecule has 0 fully saturated rings. The second-order valence-electron chi connectivity index (χ2n) is 4.25. The van der Waals surface area contributed by atoms with Gasteiger partial charge in [0.15, 0.2) is 0 Å². The highest BCUT2D eigenvalue weighted by atomic mass is 127. The van der Waals surface area contributed by atoms with Gasteiger partial charge < -0.3 is 10.1 Å². The smallest absolute Gasteiger partial charge is 0.282 e. The summed E-state index contributed by atoms with van der Waals surface area (Å²) in [5, 5.41) is 14.0. The molecule has 0 atom stereocenters. The molecule has 0 saturated carbocycles. The zero-order valence-electron chi connectivity index (χ0n) is 11.0. The molecular formula is C14H13IN2O3. The third-order valence-corrected chi connectivity index (χ3v) is 3.64. The molecule has 2 aromatic carbocycles. The van der Waals surface area contributed by atoms with Gasteiger partial charge in [0.1, 0.15) is 5.75 Å². The third-order valence-electron chi connectivity index (χ3n) is 2.78. The Labute approximate surface area is 130 Å². The van der Waals surface area contributed by atoms with E-state index in [1.165, 1.54) is 6.07 Å². The normalized spacial score (nSPS) is 10.2. The van der Waals surface area contributed by atoms with Gasteiger partial charge in [-0.1, -0.05) is 6.07 Å². The van der Waals surface area contributed by atoms with Crippen molar-refractivity contribution in [2.24, 2.45) is 0 Å². The number of hydrogen-bond acceptors (Lipinski definition) is 4. The van der Waals surface area contributed by atoms with Gasteiger partial charge in [-0.2, -0.15) is 0 Å². The predicted octanol–water partition coefficient (Wildman–Crippen LogP) is 4.26. The number of rotatable bonds is 4. The van der Waals surface area contributed by atoms with Gasteiger partial charge in [-0.25, -0.2) is 0 Å². The number of nitro benzene ring substituents is 1. The fourth-order valence-corrected chi connectivity index (χ4v) is 2.52. The van der Waals surface area contributed by atoms with Crippen LogP contribution in [0.4, 0.5) is 17.1 Å². The number of anilines is 2. The quantitative estimate of drug-likeness (QED) is 0.486. The number of aryl methyl sites for hydroxylation is 1. The SMILES string of the molecule is COc1ccc(C)cc1Nc1ccc([N+](=O)[O-])c(I)c1. The van der Waals surface area contributed by atoms with Gasteiger partial charge in [-0.3, -0.25) is 10.1 Å². The molecule has 20 heavy (non-hydrogen) atoms. The summed E-state index contributed by atoms with van der Waals surface area (Å²) < 4.78 is 5.88. The van der Waals surface area contributed by atoms with E-state index in [1.54, 1.807) is 19.2 Å². The van der Waals surface area contributed by atoms with Gasteiger partial charge in [0.05, 0.1) is 21.3 Å². The molecule has 0 radical (unpaired) electrons. The van der Waals surface area contributed by atoms with Crippen molar-refractivity contribution < 1.29 is 9.66 Å². The van der Waals surface area contributed by atoms with E-state index in [0.717, 1.165) is 22.7 Å². The Morgan fingerprint density at radius 2 is 2.00 bits per heavy atom. The van der Waals surface area contributed by atoms with Crippen molar-refractivity contribution in [1.29, 1.82) is 0 Å². The number of hydrogen-bond donors (Lipinski definition) is 1. The standard InChI is InChI=1S/C14H13IN2O3/c1-9-3-6-14(20-2)12(7-9)16-10-4-5-13(17(18)19)11(15)8-10/h3-8,16H,1-2H3. The molecule has 0 saturated heterocycles. The highest BCUT2D eigenvalue weighted by molar-refractivity contribution is 14.1. The molecule has 6 heteroatoms. The van der Waals surface area contributed by atoms with Gasteiger partial charge in [0, 0.05) is 11.8 Å². The highest BCUT2D eigenvalue weighted by Crippen LogP contribution is 2.31. The lowest BCUT2D eigenvalue weighted by Crippen LogP contribution is -1.97. The third kappa shape index (κ3) is 3.19. The minimum Gasteiger partial charge on any atom is -0.495 e. The number of nitrogens with one attached hydrogen (secondary N) is 1. The monoisotopic (exact) mass is 384 g/mol. The molecule has 0 aromatic heterocycles. The molecule has 0 aliphatic heterocycles. The first-order chi connectivity index (χ1) is 9.51. The van der Waals surface area contributed by atoms with E-state index in [-0.39, 0.29) is 5.69 Å². The average Bonchev–Trinajstić information content (AvgIpc) is 2.38. The van der Waals surface area contributed by atoms with Gasteiger partial charge in [-0.15, -0.1) is 0 Å². The second-order valence-corrected chi connectivity index (χ2v) is 5.41. The lowest BCUT2D eigenvalue weighted by atomic mass is 10.2. The van der Waals surface area contributed by atoms with Gasteiger partial charge in [-0.05, 0) is 59.3 Å². The Morgan fingerprint density at radius 3 is 2.60 bits per heavy atom. The molecule has 0 unspecified atom stereocenters. The van der Waals surface area contributed by atoms with E-state index in [4.69, 9.17) is 4.74 Å². The fraction of sp³-hybridized carbons (Fsp3) is 0.143. The summed E-state index contributed by atoms with van der Waals surface area (Å²) in [6.07, 6.45) is 0. The number of methoxy groups -OCH3 is 1. The summed E-state index contributed by atoms with van der Waals surface area (Å²) in [6, 6.07) is 10.7. The van der Waals surface area contributed by atoms with Crippen molar-refractivity contribution in [3.63, 3.8) is 0 Å². The molecule has 2 aromatic rings. The van der Waals surface area contributed by atoms with E-state index >= 15 is 0 Å². The van der Waals surface area contributed by atoms with Crippen LogP contribution in [0.2, 0.25) is 0 Å². The van der Waals surface area contributed by atoms with Crippen LogP contribution in [0.25, 0.3) is 0 Å². The summed E-state index contributed by atoms with van der Waals surface area (Å²) in [4.78, 5) is 10.4. The zero-order valence-corrected chi connectivity index (χ0v) is 13.2. The second kappa shape index (κ2) is 6.08. The maximum absolute atomic E-state index is 10.8. The Kier molecular flexibility index (Phi) is 4.43. The molecule has 0 bridgehead atoms. The molecule has 0 heterocycles. The van der Waals surface area contributed by atoms with Crippen LogP contribution in [0, 0.1) is 20.6 Å². The Morgan fingerprint density at radius 1 is 1.25 bits per heavy atom. The molecule has 2 rings (SSSR count). The van der Waals surface area contributed by atoms with Crippen LogP contribution in [0.15, 0.2) is 36.4 Å². The summed E-state index contributed by atoms with van der Waals surface area (Å²) in [7, 11) is 1.61. The fourth-order valence-electron chi connectivity index (χ4n) is 1.81. The Hall–Kier alpha value is -1.83. The first kappa shape index (κ1) is 14.6. The molecule has 0 aliphatic carbocycles. The van der Waals surface area contributed by atoms with E-state index in [2.05, 4.69) is 5.32 Å². The van der Waals surface area contributed by atoms with Crippen LogP contribution < -0.4 is 10.1 Å². The van der Waals surface area contributed by atoms with Crippen LogP contribution in [0.1, 0.15) is 5.56 Å². The first-order valence-electron chi connectivity index (χ1n) is 5.87. The predicted molar refractivity (Wildman–Crippen MR) is 86.8 cm³/mol. The Bertz CT molecular complexity index is 659. The number of halogens is 1. The van der Waals surface area contributed by atoms with Gasteiger partial charge in [0.25, 0.3) is 5.69 Å². The lowest BCUT2D eigenvalue weighted by molar-refractivity contribution is -0.385. The maximum atomic E-state index is 10.8. The topological polar surface area (TPSA) is 64.4 Å². The number of benzene rings is 2. The van der Waals surface area contributed by atoms with Crippen molar-refractivity contribution in [2.75, 3.05) is 12.4 Å². The lowest BCUT2D eigenvalue weighted by Gasteiger charge is -2.12. The van der Waals surface area contributed by atoms with Crippen molar-refractivity contribution in [1.82, 2.24) is 0 Å². The average molecular weight is 384 g/mol. The molecule has 1 N–H and O–H groups in total. The van der Waals surface area contributed by atoms with E-state index in [1.807, 2.05) is 47.7 Å². The summed E-state index contributed by atoms with van der Waals surface area (Å²) >= 11 is 1.96. The number of nitro groups is 1. The van der Waals surface area contributed by atoms with Crippen molar-refractivity contribution in [3.05, 3.63) is 55.6 Å². The molecule has 5 nitrogen and oxygen atoms in total. The Balaban J connectivity index is 2.33. The largest absolute Gasteiger partial charge is 0.495 e. The molecule has 0 amide bonds. The maximum Gasteiger partial charge on any atom is 0.282 e. The molecule has 0 aliphatic rings. The van der Waals surface area contributed by atoms with Crippen LogP contribution in [-0.2, 0) is 0 Å². The van der Waals surface area contributed by atoms with Crippen LogP contribution in [0.5, 0.6) is 5.75 Å². The first-order valence-corrected chi connectivity index (χ1v) is 6.94. The van der Waals surface area contributed by atoms with E-state index in [9.17, 15) is 10.1 Å². The molecular weight excluding hydrogens is 371 g/mol. The summed E-state index contributed by atoms with van der Waals surface area (Å²) in [5.41, 5.74) is 2.82. The summed E-state index contributed by atoms with van der Waals surface area (Å²) in [5.74, 6) is 0.726. The molecule has 104 valence electrons. The van der Waals surface area contributed by atoms with Gasteiger partial charge >= 0.3 is 0 Å². The summed E-state index contributed by atoms with van der Waals surface area (Å²) in [6.45, 7) is 1.99.